The van der Waals surface area contributed by atoms with Crippen LogP contribution >= 0.6 is 0 Å². The molecule has 14 heavy (non-hydrogen) atoms. The van der Waals surface area contributed by atoms with E-state index in [9.17, 15) is 0 Å². The van der Waals surface area contributed by atoms with E-state index in [1.54, 1.807) is 0 Å². The molecule has 78 valence electrons. The predicted octanol–water partition coefficient (Wildman–Crippen LogP) is 1.25. The topological polar surface area (TPSA) is 45.2 Å². The van der Waals surface area contributed by atoms with Crippen LogP contribution in [-0.4, -0.2) is 22.2 Å². The first-order chi connectivity index (χ1) is 6.53. The summed E-state index contributed by atoms with van der Waals surface area (Å²) >= 11 is 0. The number of aliphatic hydroxyl groups is 1. The molecule has 0 radical (unpaired) electrons. The van der Waals surface area contributed by atoms with Crippen LogP contribution in [0.1, 0.15) is 25.0 Å². The maximum Gasteiger partial charge on any atom is 0.0607 e. The highest BCUT2D eigenvalue weighted by atomic mass is 16.3. The Morgan fingerprint density at radius 1 is 1.43 bits per heavy atom. The van der Waals surface area contributed by atoms with Crippen LogP contribution in [0.4, 0.5) is 0 Å². The summed E-state index contributed by atoms with van der Waals surface area (Å²) in [5, 5.41) is 12.3. The van der Waals surface area contributed by atoms with Crippen molar-refractivity contribution < 1.29 is 5.11 Å². The summed E-state index contributed by atoms with van der Waals surface area (Å²) in [6.07, 6.45) is 3.67. The van der Waals surface area contributed by atoms with Crippen molar-refractivity contribution in [1.29, 1.82) is 0 Å². The van der Waals surface area contributed by atoms with Crippen LogP contribution < -0.4 is 5.32 Å². The Hall–Kier alpha value is -0.930. The average molecular weight is 194 g/mol. The Labute approximate surface area is 85.2 Å². The molecule has 0 aromatic carbocycles. The summed E-state index contributed by atoms with van der Waals surface area (Å²) in [6, 6.07) is 2.09. The number of rotatable bonds is 4. The van der Waals surface area contributed by atoms with E-state index in [1.165, 1.54) is 0 Å². The molecule has 0 spiro atoms. The minimum Gasteiger partial charge on any atom is -0.394 e. The molecule has 0 unspecified atom stereocenters. The van der Waals surface area contributed by atoms with Crippen molar-refractivity contribution in [2.45, 2.75) is 32.9 Å². The van der Waals surface area contributed by atoms with Crippen LogP contribution in [0.2, 0.25) is 0 Å². The molecule has 1 aromatic rings. The van der Waals surface area contributed by atoms with E-state index in [-0.39, 0.29) is 12.1 Å². The van der Waals surface area contributed by atoms with Crippen LogP contribution in [0.15, 0.2) is 18.5 Å². The van der Waals surface area contributed by atoms with E-state index in [0.29, 0.717) is 0 Å². The molecule has 0 aliphatic heterocycles. The normalized spacial score (nSPS) is 11.7. The van der Waals surface area contributed by atoms with Gasteiger partial charge in [-0.15, -0.1) is 0 Å². The molecule has 1 heterocycles. The largest absolute Gasteiger partial charge is 0.394 e. The highest BCUT2D eigenvalue weighted by molar-refractivity contribution is 5.16. The second kappa shape index (κ2) is 4.53. The molecule has 3 nitrogen and oxygen atoms in total. The summed E-state index contributed by atoms with van der Waals surface area (Å²) in [6.45, 7) is 6.83. The lowest BCUT2D eigenvalue weighted by molar-refractivity contribution is 0.187. The van der Waals surface area contributed by atoms with Gasteiger partial charge in [0.1, 0.15) is 0 Å². The van der Waals surface area contributed by atoms with Crippen LogP contribution in [0.3, 0.4) is 0 Å². The Kier molecular flexibility index (Phi) is 3.61. The van der Waals surface area contributed by atoms with Gasteiger partial charge in [-0.1, -0.05) is 6.07 Å². The molecule has 0 aliphatic carbocycles. The third kappa shape index (κ3) is 3.44. The minimum atomic E-state index is -0.232. The number of hydrogen-bond acceptors (Lipinski definition) is 3. The lowest BCUT2D eigenvalue weighted by Crippen LogP contribution is -2.42. The first-order valence-electron chi connectivity index (χ1n) is 4.80. The quantitative estimate of drug-likeness (QED) is 0.758. The van der Waals surface area contributed by atoms with Crippen LogP contribution in [-0.2, 0) is 6.54 Å². The van der Waals surface area contributed by atoms with Gasteiger partial charge >= 0.3 is 0 Å². The Morgan fingerprint density at radius 3 is 2.71 bits per heavy atom. The Morgan fingerprint density at radius 2 is 2.14 bits per heavy atom. The molecular formula is C11H18N2O. The predicted molar refractivity (Wildman–Crippen MR) is 57.0 cm³/mol. The van der Waals surface area contributed by atoms with E-state index in [1.807, 2.05) is 33.2 Å². The van der Waals surface area contributed by atoms with Crippen molar-refractivity contribution in [3.63, 3.8) is 0 Å². The maximum absolute atomic E-state index is 9.05. The van der Waals surface area contributed by atoms with Crippen molar-refractivity contribution in [2.24, 2.45) is 0 Å². The smallest absolute Gasteiger partial charge is 0.0607 e. The zero-order valence-corrected chi connectivity index (χ0v) is 9.04. The van der Waals surface area contributed by atoms with Gasteiger partial charge in [-0.05, 0) is 31.9 Å². The number of aryl methyl sites for hydroxylation is 1. The summed E-state index contributed by atoms with van der Waals surface area (Å²) in [5.74, 6) is 0. The van der Waals surface area contributed by atoms with E-state index in [4.69, 9.17) is 5.11 Å². The second-order valence-corrected chi connectivity index (χ2v) is 4.27. The van der Waals surface area contributed by atoms with E-state index < -0.39 is 0 Å². The highest BCUT2D eigenvalue weighted by Crippen LogP contribution is 2.05. The number of aliphatic hydroxyl groups excluding tert-OH is 1. The molecule has 0 saturated heterocycles. The fraction of sp³-hybridized carbons (Fsp3) is 0.545. The molecule has 2 N–H and O–H groups in total. The van der Waals surface area contributed by atoms with Gasteiger partial charge in [0, 0.05) is 24.5 Å². The number of aromatic nitrogens is 1. The van der Waals surface area contributed by atoms with Crippen LogP contribution in [0.5, 0.6) is 0 Å². The second-order valence-electron chi connectivity index (χ2n) is 4.27. The summed E-state index contributed by atoms with van der Waals surface area (Å²) in [7, 11) is 0. The molecule has 0 saturated carbocycles. The van der Waals surface area contributed by atoms with Gasteiger partial charge in [-0.2, -0.15) is 0 Å². The number of hydrogen-bond donors (Lipinski definition) is 2. The molecule has 1 aromatic heterocycles. The molecule has 1 rings (SSSR count). The van der Waals surface area contributed by atoms with E-state index in [0.717, 1.165) is 17.7 Å². The highest BCUT2D eigenvalue weighted by Gasteiger charge is 2.14. The SMILES string of the molecule is Cc1cncc(CNC(C)(C)CO)c1. The molecule has 0 fully saturated rings. The molecule has 0 aliphatic rings. The number of nitrogens with one attached hydrogen (secondary N) is 1. The monoisotopic (exact) mass is 194 g/mol. The van der Waals surface area contributed by atoms with Crippen LogP contribution in [0, 0.1) is 6.92 Å². The Balaban J connectivity index is 2.54. The number of pyridine rings is 1. The summed E-state index contributed by atoms with van der Waals surface area (Å²) in [4.78, 5) is 4.11. The molecule has 0 atom stereocenters. The van der Waals surface area contributed by atoms with E-state index in [2.05, 4.69) is 16.4 Å². The van der Waals surface area contributed by atoms with Gasteiger partial charge in [0.15, 0.2) is 0 Å². The van der Waals surface area contributed by atoms with Gasteiger partial charge in [0.25, 0.3) is 0 Å². The van der Waals surface area contributed by atoms with E-state index >= 15 is 0 Å². The van der Waals surface area contributed by atoms with Gasteiger partial charge < -0.3 is 10.4 Å². The fourth-order valence-electron chi connectivity index (χ4n) is 1.11. The maximum atomic E-state index is 9.05. The van der Waals surface area contributed by atoms with Crippen molar-refractivity contribution in [3.05, 3.63) is 29.6 Å². The molecule has 0 bridgehead atoms. The average Bonchev–Trinajstić information content (AvgIpc) is 2.15. The molecule has 0 amide bonds. The van der Waals surface area contributed by atoms with Crippen molar-refractivity contribution >= 4 is 0 Å². The minimum absolute atomic E-state index is 0.131. The van der Waals surface area contributed by atoms with Gasteiger partial charge in [-0.25, -0.2) is 0 Å². The Bertz CT molecular complexity index is 297. The standard InChI is InChI=1S/C11H18N2O/c1-9-4-10(6-12-5-9)7-13-11(2,3)8-14/h4-6,13-14H,7-8H2,1-3H3. The summed E-state index contributed by atoms with van der Waals surface area (Å²) in [5.41, 5.74) is 2.07. The van der Waals surface area contributed by atoms with Gasteiger partial charge in [-0.3, -0.25) is 4.98 Å². The van der Waals surface area contributed by atoms with Gasteiger partial charge in [0.2, 0.25) is 0 Å². The molecule has 3 heteroatoms. The summed E-state index contributed by atoms with van der Waals surface area (Å²) < 4.78 is 0. The van der Waals surface area contributed by atoms with Crippen molar-refractivity contribution in [2.75, 3.05) is 6.61 Å². The first-order valence-corrected chi connectivity index (χ1v) is 4.80. The third-order valence-electron chi connectivity index (χ3n) is 2.10. The van der Waals surface area contributed by atoms with Gasteiger partial charge in [0.05, 0.1) is 6.61 Å². The first kappa shape index (κ1) is 11.1. The third-order valence-corrected chi connectivity index (χ3v) is 2.10. The lowest BCUT2D eigenvalue weighted by Gasteiger charge is -2.23. The van der Waals surface area contributed by atoms with Crippen molar-refractivity contribution in [1.82, 2.24) is 10.3 Å². The zero-order chi connectivity index (χ0) is 10.6. The lowest BCUT2D eigenvalue weighted by atomic mass is 10.1. The van der Waals surface area contributed by atoms with Crippen molar-refractivity contribution in [3.8, 4) is 0 Å². The zero-order valence-electron chi connectivity index (χ0n) is 9.04. The fourth-order valence-corrected chi connectivity index (χ4v) is 1.11. The van der Waals surface area contributed by atoms with Crippen LogP contribution in [0.25, 0.3) is 0 Å². The number of nitrogens with zero attached hydrogens (tertiary/aromatic N) is 1. The molecular weight excluding hydrogens is 176 g/mol.